The molecule has 18 heavy (non-hydrogen) atoms. The van der Waals surface area contributed by atoms with Crippen molar-refractivity contribution in [3.63, 3.8) is 0 Å². The van der Waals surface area contributed by atoms with Crippen LogP contribution in [0.4, 0.5) is 5.82 Å². The van der Waals surface area contributed by atoms with E-state index in [0.29, 0.717) is 34.8 Å². The van der Waals surface area contributed by atoms with Gasteiger partial charge in [0.15, 0.2) is 6.29 Å². The summed E-state index contributed by atoms with van der Waals surface area (Å²) < 4.78 is 0. The molecule has 6 heteroatoms. The molecule has 1 aliphatic rings. The van der Waals surface area contributed by atoms with Crippen LogP contribution in [0.15, 0.2) is 0 Å². The number of anilines is 1. The van der Waals surface area contributed by atoms with Crippen molar-refractivity contribution in [3.8, 4) is 0 Å². The van der Waals surface area contributed by atoms with Crippen LogP contribution >= 0.6 is 23.4 Å². The third-order valence-electron chi connectivity index (χ3n) is 3.19. The molecule has 4 nitrogen and oxygen atoms in total. The summed E-state index contributed by atoms with van der Waals surface area (Å²) in [7, 11) is 0. The van der Waals surface area contributed by atoms with Crippen molar-refractivity contribution in [2.24, 2.45) is 0 Å². The first kappa shape index (κ1) is 13.6. The van der Waals surface area contributed by atoms with Gasteiger partial charge in [0, 0.05) is 11.3 Å². The second kappa shape index (κ2) is 5.89. The predicted molar refractivity (Wildman–Crippen MR) is 75.7 cm³/mol. The van der Waals surface area contributed by atoms with Crippen LogP contribution < -0.4 is 5.32 Å². The number of aromatic nitrogens is 2. The van der Waals surface area contributed by atoms with E-state index >= 15 is 0 Å². The topological polar surface area (TPSA) is 54.9 Å². The van der Waals surface area contributed by atoms with Gasteiger partial charge in [0.25, 0.3) is 0 Å². The lowest BCUT2D eigenvalue weighted by Crippen LogP contribution is -2.19. The van der Waals surface area contributed by atoms with Crippen molar-refractivity contribution in [2.45, 2.75) is 37.5 Å². The fourth-order valence-electron chi connectivity index (χ4n) is 2.24. The number of halogens is 1. The second-order valence-corrected chi connectivity index (χ2v) is 5.95. The van der Waals surface area contributed by atoms with Crippen molar-refractivity contribution in [1.29, 1.82) is 0 Å². The Morgan fingerprint density at radius 2 is 2.22 bits per heavy atom. The SMILES string of the molecule is CSC1CCC(Nc2nc(C)nc(Cl)c2C=O)C1. The molecule has 0 saturated heterocycles. The average Bonchev–Trinajstić information content (AvgIpc) is 2.76. The second-order valence-electron chi connectivity index (χ2n) is 4.45. The third-order valence-corrected chi connectivity index (χ3v) is 4.57. The molecule has 0 amide bonds. The van der Waals surface area contributed by atoms with E-state index in [1.165, 1.54) is 6.42 Å². The zero-order valence-corrected chi connectivity index (χ0v) is 12.0. The van der Waals surface area contributed by atoms with E-state index in [2.05, 4.69) is 21.5 Å². The van der Waals surface area contributed by atoms with Crippen LogP contribution in [0.3, 0.4) is 0 Å². The molecule has 2 rings (SSSR count). The Kier molecular flexibility index (Phi) is 4.45. The zero-order valence-electron chi connectivity index (χ0n) is 10.4. The first-order valence-electron chi connectivity index (χ1n) is 5.92. The lowest BCUT2D eigenvalue weighted by molar-refractivity contribution is 0.112. The van der Waals surface area contributed by atoms with Crippen molar-refractivity contribution < 1.29 is 4.79 Å². The number of aryl methyl sites for hydroxylation is 1. The van der Waals surface area contributed by atoms with Crippen LogP contribution in [0.5, 0.6) is 0 Å². The fourth-order valence-corrected chi connectivity index (χ4v) is 3.29. The van der Waals surface area contributed by atoms with E-state index in [4.69, 9.17) is 11.6 Å². The summed E-state index contributed by atoms with van der Waals surface area (Å²) in [4.78, 5) is 19.3. The van der Waals surface area contributed by atoms with E-state index in [1.54, 1.807) is 6.92 Å². The van der Waals surface area contributed by atoms with Crippen LogP contribution in [0.2, 0.25) is 5.15 Å². The standard InChI is InChI=1S/C12H16ClN3OS/c1-7-14-11(13)10(6-17)12(15-7)16-8-3-4-9(5-8)18-2/h6,8-9H,3-5H2,1-2H3,(H,14,15,16). The molecule has 0 bridgehead atoms. The van der Waals surface area contributed by atoms with Crippen molar-refractivity contribution in [2.75, 3.05) is 11.6 Å². The molecule has 2 unspecified atom stereocenters. The van der Waals surface area contributed by atoms with E-state index in [-0.39, 0.29) is 5.15 Å². The number of nitrogens with one attached hydrogen (secondary N) is 1. The molecule has 0 spiro atoms. The van der Waals surface area contributed by atoms with Crippen molar-refractivity contribution >= 4 is 35.5 Å². The average molecular weight is 286 g/mol. The monoisotopic (exact) mass is 285 g/mol. The highest BCUT2D eigenvalue weighted by Gasteiger charge is 2.25. The van der Waals surface area contributed by atoms with Gasteiger partial charge in [0.2, 0.25) is 0 Å². The van der Waals surface area contributed by atoms with Gasteiger partial charge in [-0.3, -0.25) is 4.79 Å². The van der Waals surface area contributed by atoms with Gasteiger partial charge < -0.3 is 5.32 Å². The van der Waals surface area contributed by atoms with Crippen LogP contribution in [-0.2, 0) is 0 Å². The van der Waals surface area contributed by atoms with E-state index in [9.17, 15) is 4.79 Å². The summed E-state index contributed by atoms with van der Waals surface area (Å²) in [6.45, 7) is 1.77. The van der Waals surface area contributed by atoms with Gasteiger partial charge in [0.05, 0.1) is 5.56 Å². The highest BCUT2D eigenvalue weighted by molar-refractivity contribution is 7.99. The molecule has 98 valence electrons. The van der Waals surface area contributed by atoms with Gasteiger partial charge in [-0.2, -0.15) is 11.8 Å². The van der Waals surface area contributed by atoms with E-state index in [1.807, 2.05) is 11.8 Å². The van der Waals surface area contributed by atoms with Crippen LogP contribution in [-0.4, -0.2) is 33.8 Å². The molecule has 1 heterocycles. The molecule has 1 aliphatic carbocycles. The number of carbonyl (C=O) groups is 1. The first-order chi connectivity index (χ1) is 8.63. The molecule has 0 aliphatic heterocycles. The lowest BCUT2D eigenvalue weighted by Gasteiger charge is -2.15. The Morgan fingerprint density at radius 1 is 1.44 bits per heavy atom. The molecule has 1 saturated carbocycles. The lowest BCUT2D eigenvalue weighted by atomic mass is 10.2. The van der Waals surface area contributed by atoms with Crippen molar-refractivity contribution in [1.82, 2.24) is 9.97 Å². The molecule has 1 aromatic rings. The largest absolute Gasteiger partial charge is 0.367 e. The van der Waals surface area contributed by atoms with Crippen LogP contribution in [0, 0.1) is 6.92 Å². The Labute approximate surface area is 116 Å². The summed E-state index contributed by atoms with van der Waals surface area (Å²) >= 11 is 7.84. The first-order valence-corrected chi connectivity index (χ1v) is 7.59. The van der Waals surface area contributed by atoms with Gasteiger partial charge in [-0.15, -0.1) is 0 Å². The van der Waals surface area contributed by atoms with Gasteiger partial charge in [-0.25, -0.2) is 9.97 Å². The van der Waals surface area contributed by atoms with E-state index in [0.717, 1.165) is 12.8 Å². The summed E-state index contributed by atoms with van der Waals surface area (Å²) in [5.74, 6) is 1.14. The Balaban J connectivity index is 2.16. The van der Waals surface area contributed by atoms with Gasteiger partial charge in [-0.05, 0) is 32.4 Å². The number of hydrogen-bond donors (Lipinski definition) is 1. The maximum absolute atomic E-state index is 11.0. The molecule has 0 radical (unpaired) electrons. The maximum atomic E-state index is 11.0. The molecule has 0 aromatic carbocycles. The van der Waals surface area contributed by atoms with Gasteiger partial charge in [0.1, 0.15) is 16.8 Å². The highest BCUT2D eigenvalue weighted by atomic mass is 35.5. The Morgan fingerprint density at radius 3 is 2.83 bits per heavy atom. The minimum atomic E-state index is 0.222. The minimum absolute atomic E-state index is 0.222. The zero-order chi connectivity index (χ0) is 13.1. The molecule has 1 fully saturated rings. The summed E-state index contributed by atoms with van der Waals surface area (Å²) in [5, 5.41) is 4.24. The number of aldehydes is 1. The number of hydrogen-bond acceptors (Lipinski definition) is 5. The number of rotatable bonds is 4. The summed E-state index contributed by atoms with van der Waals surface area (Å²) in [6, 6.07) is 0.367. The number of nitrogens with zero attached hydrogens (tertiary/aromatic N) is 2. The Hall–Kier alpha value is -0.810. The molecular weight excluding hydrogens is 270 g/mol. The molecule has 1 N–H and O–H groups in total. The van der Waals surface area contributed by atoms with Crippen LogP contribution in [0.1, 0.15) is 35.4 Å². The van der Waals surface area contributed by atoms with E-state index < -0.39 is 0 Å². The summed E-state index contributed by atoms with van der Waals surface area (Å²) in [5.41, 5.74) is 0.356. The van der Waals surface area contributed by atoms with Gasteiger partial charge in [-0.1, -0.05) is 11.6 Å². The minimum Gasteiger partial charge on any atom is -0.367 e. The summed E-state index contributed by atoms with van der Waals surface area (Å²) in [6.07, 6.45) is 6.25. The maximum Gasteiger partial charge on any atom is 0.156 e. The fraction of sp³-hybridized carbons (Fsp3) is 0.583. The number of thioether (sulfide) groups is 1. The Bertz CT molecular complexity index is 455. The molecule has 1 aromatic heterocycles. The predicted octanol–water partition coefficient (Wildman–Crippen LogP) is 2.95. The third kappa shape index (κ3) is 2.95. The van der Waals surface area contributed by atoms with Gasteiger partial charge >= 0.3 is 0 Å². The molecule has 2 atom stereocenters. The van der Waals surface area contributed by atoms with Crippen LogP contribution in [0.25, 0.3) is 0 Å². The smallest absolute Gasteiger partial charge is 0.156 e. The normalized spacial score (nSPS) is 23.1. The quantitative estimate of drug-likeness (QED) is 0.681. The molecular formula is C12H16ClN3OS. The van der Waals surface area contributed by atoms with Crippen molar-refractivity contribution in [3.05, 3.63) is 16.5 Å². The number of carbonyl (C=O) groups excluding carboxylic acids is 1. The highest BCUT2D eigenvalue weighted by Crippen LogP contribution is 2.31.